The summed E-state index contributed by atoms with van der Waals surface area (Å²) in [4.78, 5) is 85.6. The van der Waals surface area contributed by atoms with Crippen molar-refractivity contribution in [1.82, 2.24) is 0 Å². The van der Waals surface area contributed by atoms with Gasteiger partial charge in [-0.05, 0) is 121 Å². The predicted octanol–water partition coefficient (Wildman–Crippen LogP) is 5.21. The van der Waals surface area contributed by atoms with E-state index in [4.69, 9.17) is 64.9 Å². The number of aliphatic hydroxyl groups is 9. The van der Waals surface area contributed by atoms with Crippen LogP contribution in [-0.2, 0) is 76.3 Å². The summed E-state index contributed by atoms with van der Waals surface area (Å²) >= 11 is 0. The lowest BCUT2D eigenvalue weighted by Crippen LogP contribution is -2.22. The summed E-state index contributed by atoms with van der Waals surface area (Å²) in [6.07, 6.45) is 6.62. The van der Waals surface area contributed by atoms with Crippen molar-refractivity contribution in [3.05, 3.63) is 97.2 Å². The summed E-state index contributed by atoms with van der Waals surface area (Å²) in [5, 5.41) is 76.0. The highest BCUT2D eigenvalue weighted by Gasteiger charge is 2.10. The number of unbranched alkanes of at least 4 members (excludes halogenated alkanes) is 6. The molecule has 0 aromatic heterocycles. The van der Waals surface area contributed by atoms with E-state index < -0.39 is 48.7 Å². The van der Waals surface area contributed by atoms with Crippen molar-refractivity contribution in [3.8, 4) is 0 Å². The molecule has 0 saturated carbocycles. The number of carbonyl (C=O) groups excluding carboxylic acids is 8. The summed E-state index contributed by atoms with van der Waals surface area (Å²) in [5.74, 6) is -3.27. The van der Waals surface area contributed by atoms with Gasteiger partial charge in [-0.1, -0.05) is 59.1 Å². The maximum atomic E-state index is 10.9. The molecule has 3 atom stereocenters. The molecule has 0 heterocycles. The highest BCUT2D eigenvalue weighted by molar-refractivity contribution is 5.89. The number of hydrogen-bond donors (Lipinski definition) is 9. The Bertz CT molecular complexity index is 1970. The van der Waals surface area contributed by atoms with Gasteiger partial charge in [-0.25, -0.2) is 38.4 Å². The summed E-state index contributed by atoms with van der Waals surface area (Å²) < 4.78 is 37.5. The second kappa shape index (κ2) is 70.1. The molecule has 0 aliphatic rings. The van der Waals surface area contributed by atoms with E-state index in [1.54, 1.807) is 62.3 Å². The lowest BCUT2D eigenvalue weighted by atomic mass is 10.2. The van der Waals surface area contributed by atoms with Gasteiger partial charge in [0.05, 0.1) is 45.7 Å². The van der Waals surface area contributed by atoms with Gasteiger partial charge in [0.15, 0.2) is 0 Å². The van der Waals surface area contributed by atoms with E-state index in [0.717, 1.165) is 44.9 Å². The van der Waals surface area contributed by atoms with Crippen LogP contribution >= 0.6 is 0 Å². The van der Waals surface area contributed by atoms with Crippen molar-refractivity contribution in [2.24, 2.45) is 0 Å². The van der Waals surface area contributed by atoms with Crippen LogP contribution in [0.4, 0.5) is 0 Å². The maximum absolute atomic E-state index is 10.9. The highest BCUT2D eigenvalue weighted by Crippen LogP contribution is 2.03. The van der Waals surface area contributed by atoms with E-state index in [0.29, 0.717) is 84.5 Å². The lowest BCUT2D eigenvalue weighted by Gasteiger charge is -2.10. The Morgan fingerprint density at radius 1 is 0.310 bits per heavy atom. The zero-order valence-corrected chi connectivity index (χ0v) is 53.6. The van der Waals surface area contributed by atoms with Crippen LogP contribution < -0.4 is 0 Å². The SMILES string of the molecule is C=C(C)C(=O)OC(C)CCO.C=C(C)C(=O)OCC(C)O.C=C(C)C(=O)OCC(O)CO.C=C(C)C(=O)OCCCCCCO.C=C(C)C(=O)OCCCCCO.C=C(C)C(=O)OCCCCO.C=C(C)C(=O)OCCCO.C=C(C)C(=O)OCCO. The minimum atomic E-state index is -1.00. The topological polar surface area (TPSA) is 392 Å². The van der Waals surface area contributed by atoms with E-state index >= 15 is 0 Å². The maximum Gasteiger partial charge on any atom is 0.333 e. The summed E-state index contributed by atoms with van der Waals surface area (Å²) in [5.41, 5.74) is 3.02. The largest absolute Gasteiger partial charge is 0.462 e. The van der Waals surface area contributed by atoms with Gasteiger partial charge in [0.25, 0.3) is 0 Å². The monoisotopic (exact) mass is 1250 g/mol. The molecule has 0 aliphatic heterocycles. The fourth-order valence-electron chi connectivity index (χ4n) is 3.84. The van der Waals surface area contributed by atoms with Crippen molar-refractivity contribution in [1.29, 1.82) is 0 Å². The third-order valence-electron chi connectivity index (χ3n) is 8.67. The number of aliphatic hydroxyl groups excluding tert-OH is 9. The fourth-order valence-corrected chi connectivity index (χ4v) is 3.84. The van der Waals surface area contributed by atoms with E-state index in [-0.39, 0.29) is 95.7 Å². The molecule has 0 amide bonds. The van der Waals surface area contributed by atoms with Crippen molar-refractivity contribution in [3.63, 3.8) is 0 Å². The molecule has 0 radical (unpaired) electrons. The Morgan fingerprint density at radius 3 is 0.839 bits per heavy atom. The van der Waals surface area contributed by atoms with E-state index in [2.05, 4.69) is 71.6 Å². The van der Waals surface area contributed by atoms with Crippen LogP contribution in [-0.4, -0.2) is 205 Å². The second-order valence-electron chi connectivity index (χ2n) is 18.7. The molecule has 3 unspecified atom stereocenters. The molecular weight excluding hydrogens is 1140 g/mol. The van der Waals surface area contributed by atoms with Crippen LogP contribution in [0.5, 0.6) is 0 Å². The Hall–Kier alpha value is -6.68. The second-order valence-corrected chi connectivity index (χ2v) is 18.7. The molecule has 0 aromatic rings. The first-order chi connectivity index (χ1) is 40.6. The first kappa shape index (κ1) is 96.6. The number of ether oxygens (including phenoxy) is 8. The summed E-state index contributed by atoms with van der Waals surface area (Å²) in [6.45, 7) is 44.7. The van der Waals surface area contributed by atoms with Crippen LogP contribution in [0, 0.1) is 0 Å². The van der Waals surface area contributed by atoms with Gasteiger partial charge in [0.1, 0.15) is 32.0 Å². The summed E-state index contributed by atoms with van der Waals surface area (Å²) in [7, 11) is 0. The van der Waals surface area contributed by atoms with Crippen molar-refractivity contribution >= 4 is 47.8 Å². The van der Waals surface area contributed by atoms with Gasteiger partial charge in [-0.3, -0.25) is 0 Å². The first-order valence-electron chi connectivity index (χ1n) is 27.9. The Kier molecular flexibility index (Phi) is 77.8. The third-order valence-corrected chi connectivity index (χ3v) is 8.67. The highest BCUT2D eigenvalue weighted by atomic mass is 16.6. The Balaban J connectivity index is -0.000000137. The van der Waals surface area contributed by atoms with Crippen molar-refractivity contribution in [2.75, 3.05) is 92.5 Å². The fraction of sp³-hybridized carbons (Fsp3) is 0.613. The zero-order valence-electron chi connectivity index (χ0n) is 53.6. The lowest BCUT2D eigenvalue weighted by molar-refractivity contribution is -0.144. The standard InChI is InChI=1S/C10H18O3.C9H16O3.2C8H14O3.C7H12O4.2C7H12O3.C6H10O3/c1-9(2)10(12)13-8-6-4-3-5-7-11;1-8(2)9(11)12-7-5-3-4-6-10;1-6(2)8(10)11-7(3)4-5-9;1-7(2)8(10)11-6-4-3-5-9;1-5(2)7(10)11-4-6(9)3-8;1-5(2)7(9)10-4-6(3)8;1-6(2)7(9)10-5-3-4-8;1-5(2)6(8)9-4-3-7/h11H,1,3-8H2,2H3;10H,1,3-7H2,2H3;7,9H,1,4-5H2,2-3H3;9H,1,3-6H2,2H3;6,8-9H,1,3-4H2,2H3;6,8H,1,4H2,2-3H3;8H,1,3-5H2,2H3;7H,1,3-4H2,2H3. The van der Waals surface area contributed by atoms with Gasteiger partial charge in [-0.2, -0.15) is 0 Å². The molecule has 506 valence electrons. The average Bonchev–Trinajstić information content (AvgIpc) is 3.47. The quantitative estimate of drug-likeness (QED) is 0.0168. The van der Waals surface area contributed by atoms with E-state index in [1.165, 1.54) is 6.92 Å². The predicted molar refractivity (Wildman–Crippen MR) is 329 cm³/mol. The molecule has 0 fully saturated rings. The molecule has 25 nitrogen and oxygen atoms in total. The van der Waals surface area contributed by atoms with Crippen LogP contribution in [0.2, 0.25) is 0 Å². The van der Waals surface area contributed by atoms with Gasteiger partial charge in [-0.15, -0.1) is 0 Å². The number of esters is 8. The Labute approximate surface area is 516 Å². The number of rotatable bonds is 36. The molecule has 0 spiro atoms. The van der Waals surface area contributed by atoms with Gasteiger partial charge >= 0.3 is 47.8 Å². The van der Waals surface area contributed by atoms with Crippen molar-refractivity contribution in [2.45, 2.75) is 158 Å². The minimum Gasteiger partial charge on any atom is -0.462 e. The molecule has 0 bridgehead atoms. The van der Waals surface area contributed by atoms with Crippen LogP contribution in [0.1, 0.15) is 140 Å². The van der Waals surface area contributed by atoms with Crippen LogP contribution in [0.15, 0.2) is 97.2 Å². The van der Waals surface area contributed by atoms with Gasteiger partial charge in [0.2, 0.25) is 0 Å². The molecule has 9 N–H and O–H groups in total. The van der Waals surface area contributed by atoms with Gasteiger partial charge < -0.3 is 83.9 Å². The minimum absolute atomic E-state index is 0.0324. The molecule has 0 rings (SSSR count). The molecule has 0 aromatic carbocycles. The number of hydrogen-bond acceptors (Lipinski definition) is 25. The normalized spacial score (nSPS) is 10.4. The third kappa shape index (κ3) is 85.9. The smallest absolute Gasteiger partial charge is 0.333 e. The number of carbonyl (C=O) groups is 8. The Morgan fingerprint density at radius 2 is 0.563 bits per heavy atom. The molecular formula is C62H108O25. The molecule has 0 saturated heterocycles. The van der Waals surface area contributed by atoms with E-state index in [9.17, 15) is 38.4 Å². The molecule has 0 aliphatic carbocycles. The molecule has 87 heavy (non-hydrogen) atoms. The van der Waals surface area contributed by atoms with Crippen molar-refractivity contribution < 1.29 is 122 Å². The van der Waals surface area contributed by atoms with Crippen LogP contribution in [0.3, 0.4) is 0 Å². The zero-order chi connectivity index (χ0) is 69.3. The van der Waals surface area contributed by atoms with Crippen LogP contribution in [0.25, 0.3) is 0 Å². The molecule has 25 heteroatoms. The average molecular weight is 1250 g/mol. The van der Waals surface area contributed by atoms with Gasteiger partial charge in [0, 0.05) is 90.5 Å². The van der Waals surface area contributed by atoms with E-state index in [1.807, 2.05) is 0 Å². The first-order valence-corrected chi connectivity index (χ1v) is 27.9. The summed E-state index contributed by atoms with van der Waals surface area (Å²) in [6, 6.07) is 0.